The van der Waals surface area contributed by atoms with Gasteiger partial charge in [0.2, 0.25) is 0 Å². The van der Waals surface area contributed by atoms with Crippen molar-refractivity contribution < 1.29 is 14.3 Å². The molecule has 0 aliphatic heterocycles. The molecule has 3 rings (SSSR count). The minimum absolute atomic E-state index is 0.135. The molecule has 0 saturated heterocycles. The third-order valence-electron chi connectivity index (χ3n) is 4.26. The van der Waals surface area contributed by atoms with E-state index in [4.69, 9.17) is 27.6 Å². The number of furan rings is 1. The van der Waals surface area contributed by atoms with Crippen molar-refractivity contribution in [3.63, 3.8) is 0 Å². The molecular formula is C20H20Cl2N2O3. The second-order valence-corrected chi connectivity index (χ2v) is 6.76. The molecule has 0 bridgehead atoms. The number of hydrogen-bond donors (Lipinski definition) is 1. The van der Waals surface area contributed by atoms with E-state index >= 15 is 0 Å². The summed E-state index contributed by atoms with van der Waals surface area (Å²) in [6.45, 7) is 1.49. The quantitative estimate of drug-likeness (QED) is 0.508. The van der Waals surface area contributed by atoms with Crippen LogP contribution in [0.25, 0.3) is 11.0 Å². The second-order valence-electron chi connectivity index (χ2n) is 6.00. The lowest BCUT2D eigenvalue weighted by atomic mass is 10.2. The highest BCUT2D eigenvalue weighted by Gasteiger charge is 2.18. The monoisotopic (exact) mass is 406 g/mol. The molecule has 3 aromatic rings. The summed E-state index contributed by atoms with van der Waals surface area (Å²) in [5.41, 5.74) is 2.27. The molecule has 0 atom stereocenters. The summed E-state index contributed by atoms with van der Waals surface area (Å²) in [6, 6.07) is 16.8. The van der Waals surface area contributed by atoms with E-state index in [1.807, 2.05) is 42.5 Å². The van der Waals surface area contributed by atoms with Crippen LogP contribution in [-0.2, 0) is 6.54 Å². The van der Waals surface area contributed by atoms with Crippen LogP contribution >= 0.6 is 23.2 Å². The molecule has 1 aromatic heterocycles. The van der Waals surface area contributed by atoms with Gasteiger partial charge in [-0.2, -0.15) is 0 Å². The lowest BCUT2D eigenvalue weighted by molar-refractivity contribution is 0.201. The first-order valence-corrected chi connectivity index (χ1v) is 9.64. The fraction of sp³-hybridized carbons (Fsp3) is 0.250. The average Bonchev–Trinajstić information content (AvgIpc) is 3.08. The van der Waals surface area contributed by atoms with Crippen LogP contribution in [0.2, 0.25) is 0 Å². The Kier molecular flexibility index (Phi) is 6.48. The van der Waals surface area contributed by atoms with E-state index in [1.54, 1.807) is 12.1 Å². The van der Waals surface area contributed by atoms with Crippen molar-refractivity contribution in [1.82, 2.24) is 0 Å². The summed E-state index contributed by atoms with van der Waals surface area (Å²) >= 11 is 11.7. The predicted molar refractivity (Wildman–Crippen MR) is 111 cm³/mol. The van der Waals surface area contributed by atoms with Crippen LogP contribution in [0.15, 0.2) is 59.0 Å². The van der Waals surface area contributed by atoms with Gasteiger partial charge in [-0.1, -0.05) is 18.2 Å². The molecule has 0 spiro atoms. The minimum atomic E-state index is -1.04. The molecule has 0 aliphatic carbocycles. The van der Waals surface area contributed by atoms with Gasteiger partial charge < -0.3 is 14.4 Å². The van der Waals surface area contributed by atoms with Crippen molar-refractivity contribution >= 4 is 51.6 Å². The van der Waals surface area contributed by atoms with Crippen LogP contribution in [0.3, 0.4) is 0 Å². The molecule has 1 heterocycles. The maximum Gasteiger partial charge on any atom is 0.412 e. The molecule has 1 amide bonds. The molecule has 142 valence electrons. The van der Waals surface area contributed by atoms with Gasteiger partial charge in [-0.3, -0.25) is 4.90 Å². The number of hydrogen-bond acceptors (Lipinski definition) is 3. The highest BCUT2D eigenvalue weighted by Crippen LogP contribution is 2.25. The number of benzene rings is 2. The van der Waals surface area contributed by atoms with Crippen molar-refractivity contribution in [3.8, 4) is 0 Å². The van der Waals surface area contributed by atoms with E-state index in [2.05, 4.69) is 4.90 Å². The number of alkyl halides is 2. The molecule has 7 heteroatoms. The number of halogens is 2. The Hall–Kier alpha value is -2.37. The number of para-hydroxylation sites is 1. The van der Waals surface area contributed by atoms with Crippen LogP contribution in [0.1, 0.15) is 5.76 Å². The summed E-state index contributed by atoms with van der Waals surface area (Å²) in [5, 5.41) is 10.6. The maximum atomic E-state index is 11.8. The van der Waals surface area contributed by atoms with Gasteiger partial charge >= 0.3 is 6.09 Å². The van der Waals surface area contributed by atoms with Crippen molar-refractivity contribution in [2.24, 2.45) is 0 Å². The van der Waals surface area contributed by atoms with E-state index in [0.717, 1.165) is 16.7 Å². The SMILES string of the molecule is O=C(O)N(Cc1cc2ccccc2o1)c1ccc(N(CCCl)CCCl)cc1. The molecule has 0 saturated carbocycles. The number of carbonyl (C=O) groups is 1. The van der Waals surface area contributed by atoms with Gasteiger partial charge in [0.25, 0.3) is 0 Å². The highest BCUT2D eigenvalue weighted by molar-refractivity contribution is 6.18. The number of amides is 1. The molecule has 0 aliphatic rings. The normalized spacial score (nSPS) is 10.9. The van der Waals surface area contributed by atoms with Crippen LogP contribution in [0.4, 0.5) is 16.2 Å². The Morgan fingerprint density at radius 2 is 1.59 bits per heavy atom. The predicted octanol–water partition coefficient (Wildman–Crippen LogP) is 5.40. The van der Waals surface area contributed by atoms with Gasteiger partial charge in [0.05, 0.1) is 6.54 Å². The van der Waals surface area contributed by atoms with Crippen molar-refractivity contribution in [2.75, 3.05) is 34.6 Å². The van der Waals surface area contributed by atoms with Gasteiger partial charge in [-0.15, -0.1) is 23.2 Å². The van der Waals surface area contributed by atoms with E-state index in [9.17, 15) is 9.90 Å². The largest absolute Gasteiger partial charge is 0.465 e. The molecule has 1 N–H and O–H groups in total. The van der Waals surface area contributed by atoms with Crippen molar-refractivity contribution in [3.05, 3.63) is 60.4 Å². The molecule has 5 nitrogen and oxygen atoms in total. The number of rotatable bonds is 8. The lowest BCUT2D eigenvalue weighted by Gasteiger charge is -2.24. The van der Waals surface area contributed by atoms with Crippen LogP contribution in [0, 0.1) is 0 Å². The van der Waals surface area contributed by atoms with E-state index in [0.29, 0.717) is 36.3 Å². The molecule has 0 fully saturated rings. The first-order valence-electron chi connectivity index (χ1n) is 8.57. The number of carboxylic acid groups (broad SMARTS) is 1. The molecule has 0 radical (unpaired) electrons. The zero-order valence-electron chi connectivity index (χ0n) is 14.6. The number of nitrogens with zero attached hydrogens (tertiary/aromatic N) is 2. The third-order valence-corrected chi connectivity index (χ3v) is 4.59. The second kappa shape index (κ2) is 9.02. The summed E-state index contributed by atoms with van der Waals surface area (Å²) in [4.78, 5) is 15.1. The van der Waals surface area contributed by atoms with E-state index in [-0.39, 0.29) is 6.54 Å². The zero-order chi connectivity index (χ0) is 19.2. The molecule has 27 heavy (non-hydrogen) atoms. The molecule has 0 unspecified atom stereocenters. The van der Waals surface area contributed by atoms with Crippen molar-refractivity contribution in [1.29, 1.82) is 0 Å². The van der Waals surface area contributed by atoms with Crippen LogP contribution < -0.4 is 9.80 Å². The summed E-state index contributed by atoms with van der Waals surface area (Å²) in [6.07, 6.45) is -1.04. The van der Waals surface area contributed by atoms with Crippen LogP contribution in [-0.4, -0.2) is 36.0 Å². The lowest BCUT2D eigenvalue weighted by Crippen LogP contribution is -2.29. The topological polar surface area (TPSA) is 56.9 Å². The Morgan fingerprint density at radius 1 is 0.963 bits per heavy atom. The van der Waals surface area contributed by atoms with Crippen molar-refractivity contribution in [2.45, 2.75) is 6.54 Å². The van der Waals surface area contributed by atoms with Gasteiger partial charge in [-0.25, -0.2) is 4.79 Å². The van der Waals surface area contributed by atoms with E-state index in [1.165, 1.54) is 4.90 Å². The van der Waals surface area contributed by atoms with Gasteiger partial charge in [0, 0.05) is 41.6 Å². The van der Waals surface area contributed by atoms with Gasteiger partial charge in [0.15, 0.2) is 0 Å². The fourth-order valence-electron chi connectivity index (χ4n) is 2.96. The first kappa shape index (κ1) is 19.4. The maximum absolute atomic E-state index is 11.8. The Labute approximate surface area is 167 Å². The number of fused-ring (bicyclic) bond motifs is 1. The fourth-order valence-corrected chi connectivity index (χ4v) is 3.37. The zero-order valence-corrected chi connectivity index (χ0v) is 16.2. The van der Waals surface area contributed by atoms with Gasteiger partial charge in [-0.05, 0) is 36.4 Å². The number of anilines is 2. The summed E-state index contributed by atoms with van der Waals surface area (Å²) in [7, 11) is 0. The average molecular weight is 407 g/mol. The van der Waals surface area contributed by atoms with Crippen LogP contribution in [0.5, 0.6) is 0 Å². The molecular weight excluding hydrogens is 387 g/mol. The highest BCUT2D eigenvalue weighted by atomic mass is 35.5. The third kappa shape index (κ3) is 4.67. The molecule has 2 aromatic carbocycles. The Bertz CT molecular complexity index is 857. The Morgan fingerprint density at radius 3 is 2.19 bits per heavy atom. The minimum Gasteiger partial charge on any atom is -0.465 e. The standard InChI is InChI=1S/C20H20Cl2N2O3/c21-9-11-23(12-10-22)16-5-7-17(8-6-16)24(20(25)26)14-18-13-15-3-1-2-4-19(15)27-18/h1-8,13H,9-12,14H2,(H,25,26). The summed E-state index contributed by atoms with van der Waals surface area (Å²) in [5.74, 6) is 1.58. The van der Waals surface area contributed by atoms with E-state index < -0.39 is 6.09 Å². The summed E-state index contributed by atoms with van der Waals surface area (Å²) < 4.78 is 5.75. The smallest absolute Gasteiger partial charge is 0.412 e. The Balaban J connectivity index is 1.81. The first-order chi connectivity index (χ1) is 13.1. The van der Waals surface area contributed by atoms with Gasteiger partial charge in [0.1, 0.15) is 11.3 Å².